The zero-order chi connectivity index (χ0) is 14.9. The molecule has 1 fully saturated rings. The first-order valence-corrected chi connectivity index (χ1v) is 8.98. The average molecular weight is 318 g/mol. The van der Waals surface area contributed by atoms with Crippen LogP contribution in [0.4, 0.5) is 0 Å². The number of thiophene rings is 1. The maximum absolute atomic E-state index is 5.80. The van der Waals surface area contributed by atoms with Crippen molar-refractivity contribution >= 4 is 11.3 Å². The van der Waals surface area contributed by atoms with Crippen LogP contribution in [-0.4, -0.2) is 39.4 Å². The summed E-state index contributed by atoms with van der Waals surface area (Å²) in [4.78, 5) is 4.02. The number of hydrogen-bond acceptors (Lipinski definition) is 5. The molecule has 0 spiro atoms. The molecule has 22 heavy (non-hydrogen) atoms. The first-order valence-electron chi connectivity index (χ1n) is 8.10. The van der Waals surface area contributed by atoms with Gasteiger partial charge in [-0.2, -0.15) is 0 Å². The minimum absolute atomic E-state index is 0.160. The van der Waals surface area contributed by atoms with E-state index in [-0.39, 0.29) is 6.10 Å². The minimum Gasteiger partial charge on any atom is -0.370 e. The van der Waals surface area contributed by atoms with E-state index in [0.717, 1.165) is 63.7 Å². The third kappa shape index (κ3) is 2.71. The van der Waals surface area contributed by atoms with E-state index < -0.39 is 0 Å². The first-order chi connectivity index (χ1) is 10.8. The Labute approximate surface area is 134 Å². The lowest BCUT2D eigenvalue weighted by molar-refractivity contribution is 0.101. The van der Waals surface area contributed by atoms with Crippen molar-refractivity contribution in [3.8, 4) is 0 Å². The summed E-state index contributed by atoms with van der Waals surface area (Å²) in [5.74, 6) is 2.16. The second-order valence-electron chi connectivity index (χ2n) is 6.18. The van der Waals surface area contributed by atoms with E-state index in [9.17, 15) is 0 Å². The van der Waals surface area contributed by atoms with Crippen LogP contribution in [0.1, 0.15) is 41.0 Å². The van der Waals surface area contributed by atoms with Crippen molar-refractivity contribution in [3.05, 3.63) is 33.5 Å². The summed E-state index contributed by atoms with van der Waals surface area (Å²) in [6, 6.07) is 2.21. The molecule has 0 aromatic carbocycles. The fourth-order valence-electron chi connectivity index (χ4n) is 3.34. The van der Waals surface area contributed by atoms with Crippen LogP contribution in [0.2, 0.25) is 0 Å². The molecule has 1 atom stereocenters. The van der Waals surface area contributed by atoms with E-state index in [0.29, 0.717) is 0 Å². The first kappa shape index (κ1) is 14.4. The van der Waals surface area contributed by atoms with Crippen LogP contribution in [0.3, 0.4) is 0 Å². The molecule has 0 amide bonds. The molecule has 2 aromatic heterocycles. The number of rotatable bonds is 3. The van der Waals surface area contributed by atoms with Crippen molar-refractivity contribution in [1.82, 2.24) is 19.7 Å². The zero-order valence-electron chi connectivity index (χ0n) is 13.0. The molecule has 0 radical (unpaired) electrons. The normalized spacial score (nSPS) is 22.7. The van der Waals surface area contributed by atoms with Crippen molar-refractivity contribution in [2.75, 3.05) is 19.7 Å². The zero-order valence-corrected chi connectivity index (χ0v) is 13.8. The van der Waals surface area contributed by atoms with Crippen molar-refractivity contribution in [2.45, 2.75) is 45.4 Å². The maximum atomic E-state index is 5.80. The van der Waals surface area contributed by atoms with Gasteiger partial charge in [-0.1, -0.05) is 0 Å². The van der Waals surface area contributed by atoms with E-state index >= 15 is 0 Å². The van der Waals surface area contributed by atoms with E-state index in [1.807, 2.05) is 11.3 Å². The summed E-state index contributed by atoms with van der Waals surface area (Å²) in [6.07, 6.45) is 3.35. The van der Waals surface area contributed by atoms with Gasteiger partial charge in [0, 0.05) is 44.1 Å². The molecule has 0 saturated carbocycles. The lowest BCUT2D eigenvalue weighted by Gasteiger charge is -2.19. The van der Waals surface area contributed by atoms with Crippen LogP contribution in [0.25, 0.3) is 0 Å². The molecule has 2 aromatic rings. The highest BCUT2D eigenvalue weighted by Gasteiger charge is 2.27. The van der Waals surface area contributed by atoms with Gasteiger partial charge in [-0.05, 0) is 36.8 Å². The second kappa shape index (κ2) is 6.10. The van der Waals surface area contributed by atoms with Gasteiger partial charge in [-0.25, -0.2) is 0 Å². The summed E-state index contributed by atoms with van der Waals surface area (Å²) in [5.41, 5.74) is 1.41. The second-order valence-corrected chi connectivity index (χ2v) is 7.18. The summed E-state index contributed by atoms with van der Waals surface area (Å²) in [6.45, 7) is 7.20. The average Bonchev–Trinajstić information content (AvgIpc) is 3.22. The Hall–Kier alpha value is -1.24. The van der Waals surface area contributed by atoms with Gasteiger partial charge in [0.1, 0.15) is 11.9 Å². The monoisotopic (exact) mass is 318 g/mol. The highest BCUT2D eigenvalue weighted by Crippen LogP contribution is 2.28. The Bertz CT molecular complexity index is 644. The van der Waals surface area contributed by atoms with E-state index in [1.54, 1.807) is 0 Å². The molecule has 0 unspecified atom stereocenters. The molecule has 118 valence electrons. The molecule has 2 aliphatic rings. The van der Waals surface area contributed by atoms with Gasteiger partial charge in [-0.3, -0.25) is 4.90 Å². The standard InChI is InChI=1S/C16H22N4OS/c1-12-5-10-22-14(12)11-19-6-4-15-17-18-16(20(15)8-7-19)13-3-2-9-21-13/h5,10,13H,2-4,6-9,11H2,1H3/t13-/m0/s1. The van der Waals surface area contributed by atoms with E-state index in [1.165, 1.54) is 10.4 Å². The van der Waals surface area contributed by atoms with Crippen LogP contribution in [0.5, 0.6) is 0 Å². The maximum Gasteiger partial charge on any atom is 0.162 e. The lowest BCUT2D eigenvalue weighted by Crippen LogP contribution is -2.26. The van der Waals surface area contributed by atoms with Crippen LogP contribution in [0, 0.1) is 6.92 Å². The van der Waals surface area contributed by atoms with Crippen LogP contribution in [-0.2, 0) is 24.2 Å². The Balaban J connectivity index is 1.47. The van der Waals surface area contributed by atoms with Gasteiger partial charge < -0.3 is 9.30 Å². The van der Waals surface area contributed by atoms with E-state index in [2.05, 4.69) is 38.0 Å². The molecular weight excluding hydrogens is 296 g/mol. The summed E-state index contributed by atoms with van der Waals surface area (Å²) in [7, 11) is 0. The number of ether oxygens (including phenoxy) is 1. The fourth-order valence-corrected chi connectivity index (χ4v) is 4.28. The smallest absolute Gasteiger partial charge is 0.162 e. The number of hydrogen-bond donors (Lipinski definition) is 0. The number of aryl methyl sites for hydroxylation is 1. The number of nitrogens with zero attached hydrogens (tertiary/aromatic N) is 4. The van der Waals surface area contributed by atoms with Gasteiger partial charge in [0.15, 0.2) is 5.82 Å². The van der Waals surface area contributed by atoms with Gasteiger partial charge in [0.25, 0.3) is 0 Å². The van der Waals surface area contributed by atoms with E-state index in [4.69, 9.17) is 4.74 Å². The Morgan fingerprint density at radius 2 is 2.27 bits per heavy atom. The molecule has 5 nitrogen and oxygen atoms in total. The fraction of sp³-hybridized carbons (Fsp3) is 0.625. The molecule has 0 aliphatic carbocycles. The quantitative estimate of drug-likeness (QED) is 0.872. The number of fused-ring (bicyclic) bond motifs is 1. The third-order valence-electron chi connectivity index (χ3n) is 4.70. The summed E-state index contributed by atoms with van der Waals surface area (Å²) in [5, 5.41) is 11.0. The third-order valence-corrected chi connectivity index (χ3v) is 5.71. The van der Waals surface area contributed by atoms with Crippen LogP contribution in [0.15, 0.2) is 11.4 Å². The topological polar surface area (TPSA) is 43.2 Å². The predicted octanol–water partition coefficient (Wildman–Crippen LogP) is 2.56. The van der Waals surface area contributed by atoms with Gasteiger partial charge >= 0.3 is 0 Å². The molecular formula is C16H22N4OS. The Morgan fingerprint density at radius 3 is 3.05 bits per heavy atom. The van der Waals surface area contributed by atoms with Gasteiger partial charge in [0.05, 0.1) is 0 Å². The Morgan fingerprint density at radius 1 is 1.32 bits per heavy atom. The van der Waals surface area contributed by atoms with Crippen LogP contribution < -0.4 is 0 Å². The predicted molar refractivity (Wildman–Crippen MR) is 86.0 cm³/mol. The van der Waals surface area contributed by atoms with Crippen LogP contribution >= 0.6 is 11.3 Å². The Kier molecular flexibility index (Phi) is 3.98. The van der Waals surface area contributed by atoms with Crippen molar-refractivity contribution in [3.63, 3.8) is 0 Å². The summed E-state index contributed by atoms with van der Waals surface area (Å²) >= 11 is 1.86. The number of aromatic nitrogens is 3. The molecule has 1 saturated heterocycles. The van der Waals surface area contributed by atoms with Crippen molar-refractivity contribution in [1.29, 1.82) is 0 Å². The minimum atomic E-state index is 0.160. The lowest BCUT2D eigenvalue weighted by atomic mass is 10.2. The molecule has 4 rings (SSSR count). The van der Waals surface area contributed by atoms with Gasteiger partial charge in [-0.15, -0.1) is 21.5 Å². The molecule has 0 bridgehead atoms. The van der Waals surface area contributed by atoms with Crippen molar-refractivity contribution < 1.29 is 4.74 Å². The molecule has 6 heteroatoms. The largest absolute Gasteiger partial charge is 0.370 e. The van der Waals surface area contributed by atoms with Gasteiger partial charge in [0.2, 0.25) is 0 Å². The summed E-state index contributed by atoms with van der Waals surface area (Å²) < 4.78 is 8.10. The molecule has 0 N–H and O–H groups in total. The SMILES string of the molecule is Cc1ccsc1CN1CCc2nnc([C@@H]3CCCO3)n2CC1. The van der Waals surface area contributed by atoms with Crippen molar-refractivity contribution in [2.24, 2.45) is 0 Å². The molecule has 4 heterocycles. The highest BCUT2D eigenvalue weighted by molar-refractivity contribution is 7.10. The molecule has 2 aliphatic heterocycles. The highest BCUT2D eigenvalue weighted by atomic mass is 32.1.